The molecule has 0 aliphatic carbocycles. The van der Waals surface area contributed by atoms with E-state index < -0.39 is 6.36 Å². The van der Waals surface area contributed by atoms with Gasteiger partial charge in [-0.1, -0.05) is 18.7 Å². The first-order chi connectivity index (χ1) is 6.44. The largest absolute Gasteiger partial charge is 0.573 e. The SMILES string of the molecule is C=[C]c1cccc(OC(F)(F)F)c1Br. The van der Waals surface area contributed by atoms with Crippen LogP contribution in [0.4, 0.5) is 13.2 Å². The molecule has 0 aliphatic heterocycles. The van der Waals surface area contributed by atoms with E-state index in [2.05, 4.69) is 33.3 Å². The molecule has 5 heteroatoms. The van der Waals surface area contributed by atoms with Crippen molar-refractivity contribution < 1.29 is 17.9 Å². The van der Waals surface area contributed by atoms with Crippen LogP contribution in [0.1, 0.15) is 5.56 Å². The first kappa shape index (κ1) is 11.1. The molecule has 1 aromatic rings. The van der Waals surface area contributed by atoms with Crippen molar-refractivity contribution in [2.75, 3.05) is 0 Å². The van der Waals surface area contributed by atoms with Crippen LogP contribution in [-0.4, -0.2) is 6.36 Å². The summed E-state index contributed by atoms with van der Waals surface area (Å²) in [5.74, 6) is -0.300. The molecule has 0 aromatic heterocycles. The van der Waals surface area contributed by atoms with Crippen LogP contribution in [0.2, 0.25) is 0 Å². The summed E-state index contributed by atoms with van der Waals surface area (Å²) >= 11 is 2.97. The molecule has 0 aliphatic rings. The average Bonchev–Trinajstić information content (AvgIpc) is 2.06. The van der Waals surface area contributed by atoms with Gasteiger partial charge in [0.25, 0.3) is 0 Å². The fourth-order valence-electron chi connectivity index (χ4n) is 0.851. The van der Waals surface area contributed by atoms with Gasteiger partial charge in [0.15, 0.2) is 0 Å². The molecule has 0 unspecified atom stereocenters. The van der Waals surface area contributed by atoms with Crippen molar-refractivity contribution in [3.05, 3.63) is 40.9 Å². The number of halogens is 4. The summed E-state index contributed by atoms with van der Waals surface area (Å²) in [5.41, 5.74) is 0.423. The van der Waals surface area contributed by atoms with E-state index in [-0.39, 0.29) is 10.2 Å². The van der Waals surface area contributed by atoms with E-state index in [4.69, 9.17) is 0 Å². The van der Waals surface area contributed by atoms with Crippen LogP contribution in [0.3, 0.4) is 0 Å². The summed E-state index contributed by atoms with van der Waals surface area (Å²) < 4.78 is 39.6. The van der Waals surface area contributed by atoms with Crippen LogP contribution in [0.25, 0.3) is 0 Å². The van der Waals surface area contributed by atoms with E-state index in [0.29, 0.717) is 5.56 Å². The van der Waals surface area contributed by atoms with Gasteiger partial charge in [-0.15, -0.1) is 13.2 Å². The Morgan fingerprint density at radius 2 is 2.00 bits per heavy atom. The minimum Gasteiger partial charge on any atom is -0.405 e. The zero-order chi connectivity index (χ0) is 10.8. The Labute approximate surface area is 87.3 Å². The van der Waals surface area contributed by atoms with Gasteiger partial charge in [-0.2, -0.15) is 0 Å². The Balaban J connectivity index is 3.04. The molecule has 1 rings (SSSR count). The van der Waals surface area contributed by atoms with E-state index >= 15 is 0 Å². The van der Waals surface area contributed by atoms with Crippen LogP contribution >= 0.6 is 15.9 Å². The molecular weight excluding hydrogens is 261 g/mol. The lowest BCUT2D eigenvalue weighted by molar-refractivity contribution is -0.274. The summed E-state index contributed by atoms with van der Waals surface area (Å²) in [4.78, 5) is 0. The molecule has 14 heavy (non-hydrogen) atoms. The third-order valence-corrected chi connectivity index (χ3v) is 2.20. The van der Waals surface area contributed by atoms with Crippen molar-refractivity contribution in [2.24, 2.45) is 0 Å². The standard InChI is InChI=1S/C9H5BrF3O/c1-2-6-4-3-5-7(8(6)10)14-9(11,12)13/h3-5H,1H2. The number of benzene rings is 1. The summed E-state index contributed by atoms with van der Waals surface area (Å²) in [6.45, 7) is 3.34. The number of hydrogen-bond acceptors (Lipinski definition) is 1. The number of ether oxygens (including phenoxy) is 1. The van der Waals surface area contributed by atoms with Gasteiger partial charge in [0.2, 0.25) is 0 Å². The van der Waals surface area contributed by atoms with Crippen LogP contribution < -0.4 is 4.74 Å². The molecule has 1 radical (unpaired) electrons. The van der Waals surface area contributed by atoms with Gasteiger partial charge < -0.3 is 4.74 Å². The first-order valence-corrected chi connectivity index (χ1v) is 4.30. The minimum atomic E-state index is -4.69. The highest BCUT2D eigenvalue weighted by Gasteiger charge is 2.32. The maximum atomic E-state index is 11.9. The van der Waals surface area contributed by atoms with Gasteiger partial charge >= 0.3 is 6.36 Å². The Morgan fingerprint density at radius 1 is 1.36 bits per heavy atom. The maximum Gasteiger partial charge on any atom is 0.573 e. The second-order valence-electron chi connectivity index (χ2n) is 2.34. The second kappa shape index (κ2) is 4.04. The maximum absolute atomic E-state index is 11.9. The van der Waals surface area contributed by atoms with Crippen LogP contribution in [-0.2, 0) is 0 Å². The van der Waals surface area contributed by atoms with Crippen molar-refractivity contribution in [3.63, 3.8) is 0 Å². The fraction of sp³-hybridized carbons (Fsp3) is 0.111. The summed E-state index contributed by atoms with van der Waals surface area (Å²) in [6, 6.07) is 4.21. The smallest absolute Gasteiger partial charge is 0.405 e. The average molecular weight is 266 g/mol. The number of hydrogen-bond donors (Lipinski definition) is 0. The molecule has 0 N–H and O–H groups in total. The fourth-order valence-corrected chi connectivity index (χ4v) is 1.34. The normalized spacial score (nSPS) is 11.1. The molecule has 0 saturated carbocycles. The van der Waals surface area contributed by atoms with Gasteiger partial charge in [-0.05, 0) is 33.6 Å². The van der Waals surface area contributed by atoms with Crippen molar-refractivity contribution in [1.29, 1.82) is 0 Å². The van der Waals surface area contributed by atoms with E-state index in [9.17, 15) is 13.2 Å². The van der Waals surface area contributed by atoms with E-state index in [1.54, 1.807) is 6.07 Å². The molecule has 1 nitrogen and oxygen atoms in total. The Morgan fingerprint density at radius 3 is 2.50 bits per heavy atom. The van der Waals surface area contributed by atoms with Crippen molar-refractivity contribution >= 4 is 15.9 Å². The van der Waals surface area contributed by atoms with E-state index in [0.717, 1.165) is 0 Å². The molecule has 0 heterocycles. The molecule has 0 fully saturated rings. The quantitative estimate of drug-likeness (QED) is 0.793. The zero-order valence-corrected chi connectivity index (χ0v) is 8.45. The van der Waals surface area contributed by atoms with Gasteiger partial charge in [0, 0.05) is 0 Å². The third kappa shape index (κ3) is 2.77. The highest BCUT2D eigenvalue weighted by atomic mass is 79.9. The Bertz CT molecular complexity index is 346. The lowest BCUT2D eigenvalue weighted by atomic mass is 10.2. The van der Waals surface area contributed by atoms with E-state index in [1.807, 2.05) is 0 Å². The monoisotopic (exact) mass is 265 g/mol. The van der Waals surface area contributed by atoms with Crippen molar-refractivity contribution in [3.8, 4) is 5.75 Å². The van der Waals surface area contributed by atoms with E-state index in [1.165, 1.54) is 12.1 Å². The molecule has 0 spiro atoms. The zero-order valence-electron chi connectivity index (χ0n) is 6.86. The lowest BCUT2D eigenvalue weighted by Gasteiger charge is -2.11. The van der Waals surface area contributed by atoms with Gasteiger partial charge in [0.1, 0.15) is 5.75 Å². The predicted octanol–water partition coefficient (Wildman–Crippen LogP) is 3.68. The van der Waals surface area contributed by atoms with Crippen LogP contribution in [0.15, 0.2) is 29.3 Å². The molecule has 75 valence electrons. The Hall–Kier alpha value is -0.970. The highest BCUT2D eigenvalue weighted by molar-refractivity contribution is 9.10. The van der Waals surface area contributed by atoms with Gasteiger partial charge in [-0.3, -0.25) is 0 Å². The Kier molecular flexibility index (Phi) is 3.21. The minimum absolute atomic E-state index is 0.187. The van der Waals surface area contributed by atoms with Gasteiger partial charge in [-0.25, -0.2) is 0 Å². The number of rotatable bonds is 2. The van der Waals surface area contributed by atoms with Crippen molar-refractivity contribution in [2.45, 2.75) is 6.36 Å². The molecular formula is C9H5BrF3O. The number of alkyl halides is 3. The molecule has 0 amide bonds. The second-order valence-corrected chi connectivity index (χ2v) is 3.14. The highest BCUT2D eigenvalue weighted by Crippen LogP contribution is 2.32. The summed E-state index contributed by atoms with van der Waals surface area (Å²) in [7, 11) is 0. The van der Waals surface area contributed by atoms with Crippen LogP contribution in [0.5, 0.6) is 5.75 Å². The van der Waals surface area contributed by atoms with Crippen molar-refractivity contribution in [1.82, 2.24) is 0 Å². The summed E-state index contributed by atoms with van der Waals surface area (Å²) in [6.07, 6.45) is -2.21. The summed E-state index contributed by atoms with van der Waals surface area (Å²) in [5, 5.41) is 0. The van der Waals surface area contributed by atoms with Crippen LogP contribution in [0, 0.1) is 6.08 Å². The molecule has 0 atom stereocenters. The topological polar surface area (TPSA) is 9.23 Å². The third-order valence-electron chi connectivity index (χ3n) is 1.38. The lowest BCUT2D eigenvalue weighted by Crippen LogP contribution is -2.17. The first-order valence-electron chi connectivity index (χ1n) is 3.51. The predicted molar refractivity (Wildman–Crippen MR) is 48.8 cm³/mol. The molecule has 0 bridgehead atoms. The molecule has 1 aromatic carbocycles. The van der Waals surface area contributed by atoms with Gasteiger partial charge in [0.05, 0.1) is 4.47 Å². The molecule has 0 saturated heterocycles.